The lowest BCUT2D eigenvalue weighted by atomic mass is 9.93. The molecule has 4 nitrogen and oxygen atoms in total. The number of hydrogen-bond donors (Lipinski definition) is 1. The van der Waals surface area contributed by atoms with E-state index in [1.807, 2.05) is 25.7 Å². The van der Waals surface area contributed by atoms with Crippen molar-refractivity contribution in [3.63, 3.8) is 0 Å². The minimum Gasteiger partial charge on any atom is -0.444 e. The molecule has 0 aliphatic carbocycles. The van der Waals surface area contributed by atoms with Crippen molar-refractivity contribution < 1.29 is 9.53 Å². The first-order valence-electron chi connectivity index (χ1n) is 7.86. The van der Waals surface area contributed by atoms with E-state index in [9.17, 15) is 4.79 Å². The van der Waals surface area contributed by atoms with Crippen LogP contribution in [0.1, 0.15) is 66.7 Å². The highest BCUT2D eigenvalue weighted by atomic mass is 16.6. The lowest BCUT2D eigenvalue weighted by Gasteiger charge is -2.33. The van der Waals surface area contributed by atoms with Crippen LogP contribution in [0.5, 0.6) is 0 Å². The molecule has 1 saturated heterocycles. The molecule has 1 fully saturated rings. The molecule has 118 valence electrons. The molecule has 1 aliphatic heterocycles. The zero-order valence-corrected chi connectivity index (χ0v) is 13.9. The molecule has 0 spiro atoms. The largest absolute Gasteiger partial charge is 0.444 e. The van der Waals surface area contributed by atoms with Crippen molar-refractivity contribution >= 4 is 6.09 Å². The molecule has 20 heavy (non-hydrogen) atoms. The third kappa shape index (κ3) is 5.31. The molecule has 0 aromatic heterocycles. The number of nitrogens with two attached hydrogens (primary N) is 1. The second-order valence-corrected chi connectivity index (χ2v) is 7.61. The predicted molar refractivity (Wildman–Crippen MR) is 82.6 cm³/mol. The molecule has 0 radical (unpaired) electrons. The smallest absolute Gasteiger partial charge is 0.410 e. The van der Waals surface area contributed by atoms with Gasteiger partial charge in [0.1, 0.15) is 5.60 Å². The lowest BCUT2D eigenvalue weighted by Crippen LogP contribution is -2.45. The SMILES string of the molecule is CC(C)(C)OC(=O)N1CC(CCCCCN)CC1(C)C. The highest BCUT2D eigenvalue weighted by Gasteiger charge is 2.42. The number of carbonyl (C=O) groups excluding carboxylic acids is 1. The molecule has 0 aromatic carbocycles. The van der Waals surface area contributed by atoms with E-state index in [-0.39, 0.29) is 11.6 Å². The van der Waals surface area contributed by atoms with Crippen LogP contribution in [-0.2, 0) is 4.74 Å². The van der Waals surface area contributed by atoms with Crippen molar-refractivity contribution in [1.82, 2.24) is 4.90 Å². The number of hydrogen-bond acceptors (Lipinski definition) is 3. The Morgan fingerprint density at radius 3 is 2.50 bits per heavy atom. The van der Waals surface area contributed by atoms with Gasteiger partial charge in [-0.25, -0.2) is 4.79 Å². The van der Waals surface area contributed by atoms with Crippen LogP contribution in [-0.4, -0.2) is 35.2 Å². The number of carbonyl (C=O) groups is 1. The summed E-state index contributed by atoms with van der Waals surface area (Å²) in [6.07, 6.45) is 5.58. The summed E-state index contributed by atoms with van der Waals surface area (Å²) in [5.41, 5.74) is 5.00. The van der Waals surface area contributed by atoms with Gasteiger partial charge in [0.05, 0.1) is 0 Å². The summed E-state index contributed by atoms with van der Waals surface area (Å²) in [6.45, 7) is 11.6. The van der Waals surface area contributed by atoms with Gasteiger partial charge in [0, 0.05) is 12.1 Å². The molecular weight excluding hydrogens is 252 g/mol. The molecule has 2 N–H and O–H groups in total. The first kappa shape index (κ1) is 17.3. The first-order valence-corrected chi connectivity index (χ1v) is 7.86. The van der Waals surface area contributed by atoms with Gasteiger partial charge < -0.3 is 15.4 Å². The van der Waals surface area contributed by atoms with E-state index in [0.29, 0.717) is 5.92 Å². The van der Waals surface area contributed by atoms with E-state index in [0.717, 1.165) is 25.9 Å². The summed E-state index contributed by atoms with van der Waals surface area (Å²) in [5, 5.41) is 0. The van der Waals surface area contributed by atoms with E-state index >= 15 is 0 Å². The third-order valence-corrected chi connectivity index (χ3v) is 3.89. The van der Waals surface area contributed by atoms with Gasteiger partial charge in [-0.2, -0.15) is 0 Å². The van der Waals surface area contributed by atoms with Gasteiger partial charge in [-0.3, -0.25) is 0 Å². The molecule has 1 unspecified atom stereocenters. The van der Waals surface area contributed by atoms with Crippen LogP contribution < -0.4 is 5.73 Å². The molecular formula is C16H32N2O2. The zero-order valence-electron chi connectivity index (χ0n) is 13.9. The number of ether oxygens (including phenoxy) is 1. The first-order chi connectivity index (χ1) is 9.15. The van der Waals surface area contributed by atoms with Crippen molar-refractivity contribution in [3.05, 3.63) is 0 Å². The topological polar surface area (TPSA) is 55.6 Å². The Kier molecular flexibility index (Phi) is 5.87. The Balaban J connectivity index is 2.50. The Bertz CT molecular complexity index is 321. The van der Waals surface area contributed by atoms with Crippen LogP contribution in [0.3, 0.4) is 0 Å². The van der Waals surface area contributed by atoms with E-state index in [1.165, 1.54) is 19.3 Å². The molecule has 0 bridgehead atoms. The average Bonchev–Trinajstić information content (AvgIpc) is 2.58. The van der Waals surface area contributed by atoms with E-state index < -0.39 is 5.60 Å². The standard InChI is InChI=1S/C16H32N2O2/c1-15(2,3)20-14(19)18-12-13(11-16(18,4)5)9-7-6-8-10-17/h13H,6-12,17H2,1-5H3. The Hall–Kier alpha value is -0.770. The number of amides is 1. The molecule has 1 atom stereocenters. The average molecular weight is 284 g/mol. The van der Waals surface area contributed by atoms with E-state index in [2.05, 4.69) is 13.8 Å². The summed E-state index contributed by atoms with van der Waals surface area (Å²) in [5.74, 6) is 0.593. The number of unbranched alkanes of at least 4 members (excludes halogenated alkanes) is 2. The molecule has 0 aromatic rings. The minimum absolute atomic E-state index is 0.0964. The van der Waals surface area contributed by atoms with Crippen LogP contribution in [0.2, 0.25) is 0 Å². The molecule has 1 amide bonds. The maximum atomic E-state index is 12.3. The maximum Gasteiger partial charge on any atom is 0.410 e. The molecule has 0 saturated carbocycles. The van der Waals surface area contributed by atoms with Crippen molar-refractivity contribution in [2.24, 2.45) is 11.7 Å². The molecule has 1 rings (SSSR count). The van der Waals surface area contributed by atoms with Gasteiger partial charge >= 0.3 is 6.09 Å². The van der Waals surface area contributed by atoms with Crippen molar-refractivity contribution in [2.45, 2.75) is 77.9 Å². The van der Waals surface area contributed by atoms with Crippen LogP contribution >= 0.6 is 0 Å². The lowest BCUT2D eigenvalue weighted by molar-refractivity contribution is 0.0131. The quantitative estimate of drug-likeness (QED) is 0.786. The second-order valence-electron chi connectivity index (χ2n) is 7.61. The number of likely N-dealkylation sites (tertiary alicyclic amines) is 1. The summed E-state index contributed by atoms with van der Waals surface area (Å²) < 4.78 is 5.52. The number of nitrogens with zero attached hydrogens (tertiary/aromatic N) is 1. The van der Waals surface area contributed by atoms with Crippen molar-refractivity contribution in [1.29, 1.82) is 0 Å². The fourth-order valence-corrected chi connectivity index (χ4v) is 2.97. The number of rotatable bonds is 5. The van der Waals surface area contributed by atoms with Crippen LogP contribution in [0, 0.1) is 5.92 Å². The maximum absolute atomic E-state index is 12.3. The van der Waals surface area contributed by atoms with E-state index in [1.54, 1.807) is 0 Å². The molecule has 4 heteroatoms. The summed E-state index contributed by atoms with van der Waals surface area (Å²) in [6, 6.07) is 0. The fourth-order valence-electron chi connectivity index (χ4n) is 2.97. The second kappa shape index (κ2) is 6.79. The van der Waals surface area contributed by atoms with E-state index in [4.69, 9.17) is 10.5 Å². The summed E-state index contributed by atoms with van der Waals surface area (Å²) in [4.78, 5) is 14.2. The Morgan fingerprint density at radius 1 is 1.30 bits per heavy atom. The Labute approximate surface area is 124 Å². The molecule has 1 aliphatic rings. The zero-order chi connectivity index (χ0) is 15.4. The Morgan fingerprint density at radius 2 is 1.95 bits per heavy atom. The summed E-state index contributed by atoms with van der Waals surface area (Å²) >= 11 is 0. The van der Waals surface area contributed by atoms with Gasteiger partial charge in [-0.15, -0.1) is 0 Å². The van der Waals surface area contributed by atoms with Crippen LogP contribution in [0.25, 0.3) is 0 Å². The van der Waals surface area contributed by atoms with Gasteiger partial charge in [0.25, 0.3) is 0 Å². The third-order valence-electron chi connectivity index (χ3n) is 3.89. The van der Waals surface area contributed by atoms with Crippen molar-refractivity contribution in [3.8, 4) is 0 Å². The van der Waals surface area contributed by atoms with Crippen molar-refractivity contribution in [2.75, 3.05) is 13.1 Å². The van der Waals surface area contributed by atoms with Gasteiger partial charge in [0.2, 0.25) is 0 Å². The normalized spacial score (nSPS) is 22.1. The van der Waals surface area contributed by atoms with Crippen LogP contribution in [0.15, 0.2) is 0 Å². The van der Waals surface area contributed by atoms with Crippen LogP contribution in [0.4, 0.5) is 4.79 Å². The highest BCUT2D eigenvalue weighted by Crippen LogP contribution is 2.36. The predicted octanol–water partition coefficient (Wildman–Crippen LogP) is 3.54. The highest BCUT2D eigenvalue weighted by molar-refractivity contribution is 5.69. The van der Waals surface area contributed by atoms with Gasteiger partial charge in [-0.05, 0) is 66.3 Å². The fraction of sp³-hybridized carbons (Fsp3) is 0.938. The summed E-state index contributed by atoms with van der Waals surface area (Å²) in [7, 11) is 0. The van der Waals surface area contributed by atoms with Gasteiger partial charge in [0.15, 0.2) is 0 Å². The van der Waals surface area contributed by atoms with Gasteiger partial charge in [-0.1, -0.05) is 12.8 Å². The monoisotopic (exact) mass is 284 g/mol. The molecule has 1 heterocycles. The minimum atomic E-state index is -0.424.